The predicted octanol–water partition coefficient (Wildman–Crippen LogP) is 2.59. The summed E-state index contributed by atoms with van der Waals surface area (Å²) in [4.78, 5) is 1.67. The van der Waals surface area contributed by atoms with Crippen molar-refractivity contribution >= 4 is 15.9 Å². The summed E-state index contributed by atoms with van der Waals surface area (Å²) in [5.74, 6) is 0. The molecule has 0 spiro atoms. The molecule has 0 fully saturated rings. The van der Waals surface area contributed by atoms with Gasteiger partial charge in [0, 0.05) is 5.33 Å². The number of para-hydroxylation sites is 1. The second kappa shape index (κ2) is 5.07. The van der Waals surface area contributed by atoms with E-state index >= 15 is 0 Å². The molecular weight excluding hydrogens is 254 g/mol. The van der Waals surface area contributed by atoms with Crippen LogP contribution in [0.1, 0.15) is 12.1 Å². The Labute approximate surface area is 97.2 Å². The van der Waals surface area contributed by atoms with Gasteiger partial charge in [-0.1, -0.05) is 34.1 Å². The summed E-state index contributed by atoms with van der Waals surface area (Å²) in [6.45, 7) is 0. The first kappa shape index (κ1) is 10.4. The van der Waals surface area contributed by atoms with Crippen molar-refractivity contribution in [1.82, 2.24) is 15.0 Å². The van der Waals surface area contributed by atoms with Crippen LogP contribution in [0.2, 0.25) is 0 Å². The van der Waals surface area contributed by atoms with Gasteiger partial charge in [-0.2, -0.15) is 15.0 Å². The molecule has 0 unspecified atom stereocenters. The zero-order chi connectivity index (χ0) is 10.5. The van der Waals surface area contributed by atoms with E-state index in [1.54, 1.807) is 4.80 Å². The lowest BCUT2D eigenvalue weighted by molar-refractivity contribution is 0.733. The van der Waals surface area contributed by atoms with Crippen molar-refractivity contribution in [3.63, 3.8) is 0 Å². The molecule has 0 atom stereocenters. The molecule has 0 saturated heterocycles. The number of aromatic nitrogens is 3. The summed E-state index contributed by atoms with van der Waals surface area (Å²) in [5.41, 5.74) is 2.04. The van der Waals surface area contributed by atoms with Crippen molar-refractivity contribution in [1.29, 1.82) is 0 Å². The number of aryl methyl sites for hydroxylation is 1. The van der Waals surface area contributed by atoms with Crippen molar-refractivity contribution in [3.05, 3.63) is 42.2 Å². The molecule has 0 aliphatic heterocycles. The molecule has 0 N–H and O–H groups in total. The Kier molecular flexibility index (Phi) is 3.50. The maximum atomic E-state index is 4.40. The molecule has 78 valence electrons. The lowest BCUT2D eigenvalue weighted by atomic mass is 10.3. The number of hydrogen-bond acceptors (Lipinski definition) is 2. The molecule has 4 heteroatoms. The molecule has 1 heterocycles. The van der Waals surface area contributed by atoms with Crippen molar-refractivity contribution < 1.29 is 0 Å². The van der Waals surface area contributed by atoms with Gasteiger partial charge in [0.1, 0.15) is 0 Å². The minimum absolute atomic E-state index is 0.970. The van der Waals surface area contributed by atoms with Gasteiger partial charge < -0.3 is 0 Å². The smallest absolute Gasteiger partial charge is 0.0856 e. The minimum atomic E-state index is 0.970. The Balaban J connectivity index is 2.14. The fourth-order valence-electron chi connectivity index (χ4n) is 1.34. The Bertz CT molecular complexity index is 411. The van der Waals surface area contributed by atoms with Gasteiger partial charge in [0.2, 0.25) is 0 Å². The summed E-state index contributed by atoms with van der Waals surface area (Å²) in [5, 5.41) is 9.64. The zero-order valence-corrected chi connectivity index (χ0v) is 9.89. The zero-order valence-electron chi connectivity index (χ0n) is 8.31. The summed E-state index contributed by atoms with van der Waals surface area (Å²) < 4.78 is 0. The van der Waals surface area contributed by atoms with Gasteiger partial charge >= 0.3 is 0 Å². The average molecular weight is 266 g/mol. The van der Waals surface area contributed by atoms with E-state index in [2.05, 4.69) is 26.1 Å². The van der Waals surface area contributed by atoms with Crippen molar-refractivity contribution in [2.75, 3.05) is 5.33 Å². The Morgan fingerprint density at radius 1 is 1.20 bits per heavy atom. The van der Waals surface area contributed by atoms with Crippen molar-refractivity contribution in [2.24, 2.45) is 0 Å². The van der Waals surface area contributed by atoms with Gasteiger partial charge in [0.15, 0.2) is 0 Å². The van der Waals surface area contributed by atoms with Gasteiger partial charge in [-0.25, -0.2) is 0 Å². The highest BCUT2D eigenvalue weighted by molar-refractivity contribution is 9.09. The van der Waals surface area contributed by atoms with E-state index in [0.717, 1.165) is 29.6 Å². The second-order valence-corrected chi connectivity index (χ2v) is 4.05. The van der Waals surface area contributed by atoms with Crippen LogP contribution in [0, 0.1) is 0 Å². The molecule has 0 aliphatic rings. The fraction of sp³-hybridized carbons (Fsp3) is 0.273. The van der Waals surface area contributed by atoms with Gasteiger partial charge in [-0.05, 0) is 25.0 Å². The van der Waals surface area contributed by atoms with Crippen LogP contribution in [-0.4, -0.2) is 20.3 Å². The van der Waals surface area contributed by atoms with Crippen LogP contribution >= 0.6 is 15.9 Å². The Hall–Kier alpha value is -1.16. The Morgan fingerprint density at radius 3 is 2.73 bits per heavy atom. The van der Waals surface area contributed by atoms with E-state index in [9.17, 15) is 0 Å². The summed E-state index contributed by atoms with van der Waals surface area (Å²) >= 11 is 3.40. The van der Waals surface area contributed by atoms with Crippen LogP contribution in [0.5, 0.6) is 0 Å². The van der Waals surface area contributed by atoms with Crippen LogP contribution in [0.3, 0.4) is 0 Å². The van der Waals surface area contributed by atoms with Crippen molar-refractivity contribution in [2.45, 2.75) is 12.8 Å². The molecule has 0 aliphatic carbocycles. The van der Waals surface area contributed by atoms with E-state index < -0.39 is 0 Å². The molecule has 3 nitrogen and oxygen atoms in total. The fourth-order valence-corrected chi connectivity index (χ4v) is 1.62. The number of hydrogen-bond donors (Lipinski definition) is 0. The quantitative estimate of drug-likeness (QED) is 0.796. The highest BCUT2D eigenvalue weighted by Crippen LogP contribution is 2.05. The highest BCUT2D eigenvalue weighted by atomic mass is 79.9. The summed E-state index contributed by atoms with van der Waals surface area (Å²) in [7, 11) is 0. The normalized spacial score (nSPS) is 10.5. The molecule has 1 aromatic heterocycles. The van der Waals surface area contributed by atoms with Crippen LogP contribution in [0.4, 0.5) is 0 Å². The third-order valence-corrected chi connectivity index (χ3v) is 2.65. The monoisotopic (exact) mass is 265 g/mol. The van der Waals surface area contributed by atoms with Crippen molar-refractivity contribution in [3.8, 4) is 5.69 Å². The number of benzene rings is 1. The standard InChI is InChI=1S/C11H12BrN3/c12-8-4-5-10-9-13-15(14-10)11-6-2-1-3-7-11/h1-3,6-7,9H,4-5,8H2. The Morgan fingerprint density at radius 2 is 2.00 bits per heavy atom. The van der Waals surface area contributed by atoms with Crippen LogP contribution in [0.25, 0.3) is 5.69 Å². The number of nitrogens with zero attached hydrogens (tertiary/aromatic N) is 3. The topological polar surface area (TPSA) is 30.7 Å². The molecule has 1 aromatic carbocycles. The van der Waals surface area contributed by atoms with E-state index in [1.807, 2.05) is 36.5 Å². The lowest BCUT2D eigenvalue weighted by Gasteiger charge is -1.97. The maximum Gasteiger partial charge on any atom is 0.0856 e. The minimum Gasteiger partial charge on any atom is -0.157 e. The first-order chi connectivity index (χ1) is 7.40. The number of halogens is 1. The third kappa shape index (κ3) is 2.65. The first-order valence-corrected chi connectivity index (χ1v) is 6.05. The molecule has 2 aromatic rings. The van der Waals surface area contributed by atoms with Crippen LogP contribution in [-0.2, 0) is 6.42 Å². The molecule has 0 bridgehead atoms. The lowest BCUT2D eigenvalue weighted by Crippen LogP contribution is -1.98. The molecule has 0 saturated carbocycles. The molecular formula is C11H12BrN3. The maximum absolute atomic E-state index is 4.40. The first-order valence-electron chi connectivity index (χ1n) is 4.93. The largest absolute Gasteiger partial charge is 0.157 e. The molecule has 2 rings (SSSR count). The van der Waals surface area contributed by atoms with Crippen LogP contribution in [0.15, 0.2) is 36.5 Å². The molecule has 0 amide bonds. The summed E-state index contributed by atoms with van der Waals surface area (Å²) in [6, 6.07) is 9.94. The third-order valence-electron chi connectivity index (χ3n) is 2.09. The van der Waals surface area contributed by atoms with Crippen LogP contribution < -0.4 is 0 Å². The predicted molar refractivity (Wildman–Crippen MR) is 63.5 cm³/mol. The number of rotatable bonds is 4. The SMILES string of the molecule is BrCCCc1cnn(-c2ccccc2)n1. The van der Waals surface area contributed by atoms with Gasteiger partial charge in [-0.3, -0.25) is 0 Å². The highest BCUT2D eigenvalue weighted by Gasteiger charge is 2.01. The molecule has 0 radical (unpaired) electrons. The van der Waals surface area contributed by atoms with Gasteiger partial charge in [0.05, 0.1) is 17.6 Å². The number of alkyl halides is 1. The average Bonchev–Trinajstić information content (AvgIpc) is 2.76. The van der Waals surface area contributed by atoms with E-state index in [1.165, 1.54) is 0 Å². The van der Waals surface area contributed by atoms with E-state index in [4.69, 9.17) is 0 Å². The van der Waals surface area contributed by atoms with Gasteiger partial charge in [-0.15, -0.1) is 0 Å². The molecule has 15 heavy (non-hydrogen) atoms. The van der Waals surface area contributed by atoms with E-state index in [-0.39, 0.29) is 0 Å². The van der Waals surface area contributed by atoms with E-state index in [0.29, 0.717) is 0 Å². The van der Waals surface area contributed by atoms with Gasteiger partial charge in [0.25, 0.3) is 0 Å². The second-order valence-electron chi connectivity index (χ2n) is 3.25. The summed E-state index contributed by atoms with van der Waals surface area (Å²) in [6.07, 6.45) is 3.89.